The summed E-state index contributed by atoms with van der Waals surface area (Å²) in [6.45, 7) is 10.8. The molecule has 7 heteroatoms. The van der Waals surface area contributed by atoms with Crippen molar-refractivity contribution in [3.8, 4) is 6.07 Å². The fourth-order valence-corrected chi connectivity index (χ4v) is 4.38. The second-order valence-corrected chi connectivity index (χ2v) is 9.34. The average Bonchev–Trinajstić information content (AvgIpc) is 2.91. The number of likely N-dealkylation sites (tertiary alicyclic amines) is 1. The maximum absolute atomic E-state index is 13.2. The Balaban J connectivity index is 1.49. The second-order valence-electron chi connectivity index (χ2n) is 9.34. The lowest BCUT2D eigenvalue weighted by Gasteiger charge is -2.32. The molecule has 2 aromatic carbocycles. The molecule has 0 aromatic heterocycles. The predicted octanol–water partition coefficient (Wildman–Crippen LogP) is 5.30. The van der Waals surface area contributed by atoms with Crippen LogP contribution in [0.3, 0.4) is 0 Å². The zero-order valence-electron chi connectivity index (χ0n) is 21.4. The summed E-state index contributed by atoms with van der Waals surface area (Å²) in [4.78, 5) is 27.5. The van der Waals surface area contributed by atoms with E-state index >= 15 is 0 Å². The van der Waals surface area contributed by atoms with Crippen molar-refractivity contribution in [2.24, 2.45) is 0 Å². The number of benzene rings is 2. The van der Waals surface area contributed by atoms with Gasteiger partial charge in [0.15, 0.2) is 0 Å². The van der Waals surface area contributed by atoms with Crippen LogP contribution in [0.4, 0.5) is 10.5 Å². The molecule has 0 saturated carbocycles. The van der Waals surface area contributed by atoms with Gasteiger partial charge >= 0.3 is 6.03 Å². The van der Waals surface area contributed by atoms with E-state index in [9.17, 15) is 9.59 Å². The summed E-state index contributed by atoms with van der Waals surface area (Å²) in [5.74, 6) is 0.371. The van der Waals surface area contributed by atoms with E-state index in [1.807, 2.05) is 48.2 Å². The van der Waals surface area contributed by atoms with Crippen LogP contribution in [0, 0.1) is 18.3 Å². The number of nitrogens with zero attached hydrogens (tertiary/aromatic N) is 2. The van der Waals surface area contributed by atoms with Crippen molar-refractivity contribution >= 4 is 17.6 Å². The van der Waals surface area contributed by atoms with Gasteiger partial charge in [-0.2, -0.15) is 5.26 Å². The number of piperidine rings is 1. The van der Waals surface area contributed by atoms with Crippen molar-refractivity contribution in [2.75, 3.05) is 31.5 Å². The summed E-state index contributed by atoms with van der Waals surface area (Å²) in [5.41, 5.74) is 4.98. The third-order valence-electron chi connectivity index (χ3n) is 6.59. The standard InChI is InChI=1S/C29H37N5O2/c1-4-15-31-22(3)6-5-16-32-29(36)33-27-19-26(10-7-21(27)2)28(35)34-17-13-25(14-18-34)24-11-8-23(20-30)9-12-24/h7-12,19,25,31H,3-6,13-18H2,1-2H3,(H2,32,33,36). The molecular formula is C29H37N5O2. The van der Waals surface area contributed by atoms with Gasteiger partial charge in [-0.1, -0.05) is 31.7 Å². The molecule has 2 aromatic rings. The van der Waals surface area contributed by atoms with Gasteiger partial charge in [0.05, 0.1) is 11.6 Å². The third-order valence-corrected chi connectivity index (χ3v) is 6.59. The molecule has 3 rings (SSSR count). The summed E-state index contributed by atoms with van der Waals surface area (Å²) in [6, 6.07) is 15.1. The topological polar surface area (TPSA) is 97.3 Å². The number of amides is 3. The van der Waals surface area contributed by atoms with Crippen molar-refractivity contribution in [1.82, 2.24) is 15.5 Å². The number of carbonyl (C=O) groups is 2. The SMILES string of the molecule is C=C(CCCNC(=O)Nc1cc(C(=O)N2CCC(c3ccc(C#N)cc3)CC2)ccc1C)NCCC. The fourth-order valence-electron chi connectivity index (χ4n) is 4.38. The lowest BCUT2D eigenvalue weighted by Crippen LogP contribution is -2.38. The number of anilines is 1. The highest BCUT2D eigenvalue weighted by Gasteiger charge is 2.25. The van der Waals surface area contributed by atoms with Crippen molar-refractivity contribution < 1.29 is 9.59 Å². The molecule has 1 fully saturated rings. The summed E-state index contributed by atoms with van der Waals surface area (Å²) < 4.78 is 0. The van der Waals surface area contributed by atoms with Crippen LogP contribution in [0.15, 0.2) is 54.7 Å². The molecule has 36 heavy (non-hydrogen) atoms. The lowest BCUT2D eigenvalue weighted by molar-refractivity contribution is 0.0713. The first-order chi connectivity index (χ1) is 17.4. The zero-order valence-corrected chi connectivity index (χ0v) is 21.4. The summed E-state index contributed by atoms with van der Waals surface area (Å²) in [6.07, 6.45) is 4.44. The summed E-state index contributed by atoms with van der Waals surface area (Å²) in [5, 5.41) is 18.0. The Hall–Kier alpha value is -3.79. The highest BCUT2D eigenvalue weighted by molar-refractivity contribution is 5.97. The number of urea groups is 1. The Morgan fingerprint density at radius 1 is 1.08 bits per heavy atom. The van der Waals surface area contributed by atoms with Crippen LogP contribution in [-0.4, -0.2) is 43.0 Å². The molecule has 1 aliphatic rings. The molecule has 0 atom stereocenters. The van der Waals surface area contributed by atoms with Crippen LogP contribution >= 0.6 is 0 Å². The van der Waals surface area contributed by atoms with Crippen LogP contribution in [0.1, 0.15) is 72.0 Å². The molecule has 0 bridgehead atoms. The first kappa shape index (κ1) is 26.8. The number of aryl methyl sites for hydroxylation is 1. The Kier molecular flexibility index (Phi) is 9.93. The average molecular weight is 488 g/mol. The van der Waals surface area contributed by atoms with Crippen molar-refractivity contribution in [2.45, 2.75) is 51.9 Å². The fraction of sp³-hybridized carbons (Fsp3) is 0.414. The molecular weight excluding hydrogens is 450 g/mol. The smallest absolute Gasteiger partial charge is 0.319 e. The molecule has 7 nitrogen and oxygen atoms in total. The predicted molar refractivity (Wildman–Crippen MR) is 144 cm³/mol. The van der Waals surface area contributed by atoms with E-state index < -0.39 is 0 Å². The second kappa shape index (κ2) is 13.3. The van der Waals surface area contributed by atoms with E-state index in [-0.39, 0.29) is 11.9 Å². The Morgan fingerprint density at radius 2 is 1.81 bits per heavy atom. The van der Waals surface area contributed by atoms with Crippen molar-refractivity contribution in [1.29, 1.82) is 5.26 Å². The Morgan fingerprint density at radius 3 is 2.47 bits per heavy atom. The third kappa shape index (κ3) is 7.61. The highest BCUT2D eigenvalue weighted by atomic mass is 16.2. The Labute approximate surface area is 214 Å². The number of allylic oxidation sites excluding steroid dienone is 1. The van der Waals surface area contributed by atoms with Gasteiger partial charge < -0.3 is 20.9 Å². The minimum absolute atomic E-state index is 0.0187. The van der Waals surface area contributed by atoms with Crippen LogP contribution < -0.4 is 16.0 Å². The van der Waals surface area contributed by atoms with E-state index in [1.54, 1.807) is 6.07 Å². The summed E-state index contributed by atoms with van der Waals surface area (Å²) >= 11 is 0. The number of hydrogen-bond donors (Lipinski definition) is 3. The van der Waals surface area contributed by atoms with Crippen LogP contribution in [-0.2, 0) is 0 Å². The maximum atomic E-state index is 13.2. The number of nitrogens with one attached hydrogen (secondary N) is 3. The van der Waals surface area contributed by atoms with Gasteiger partial charge in [-0.25, -0.2) is 4.79 Å². The van der Waals surface area contributed by atoms with Gasteiger partial charge in [-0.15, -0.1) is 0 Å². The zero-order chi connectivity index (χ0) is 25.9. The maximum Gasteiger partial charge on any atom is 0.319 e. The van der Waals surface area contributed by atoms with Crippen molar-refractivity contribution in [3.63, 3.8) is 0 Å². The first-order valence-corrected chi connectivity index (χ1v) is 12.8. The number of hydrogen-bond acceptors (Lipinski definition) is 4. The van der Waals surface area contributed by atoms with E-state index in [4.69, 9.17) is 5.26 Å². The molecule has 1 heterocycles. The number of nitriles is 1. The van der Waals surface area contributed by atoms with Gasteiger partial charge in [0.2, 0.25) is 0 Å². The molecule has 0 aliphatic carbocycles. The number of rotatable bonds is 10. The quantitative estimate of drug-likeness (QED) is 0.396. The van der Waals surface area contributed by atoms with E-state index in [1.165, 1.54) is 5.56 Å². The molecule has 3 N–H and O–H groups in total. The van der Waals surface area contributed by atoms with Crippen LogP contribution in [0.5, 0.6) is 0 Å². The minimum Gasteiger partial charge on any atom is -0.389 e. The molecule has 190 valence electrons. The van der Waals surface area contributed by atoms with E-state index in [0.29, 0.717) is 42.4 Å². The normalized spacial score (nSPS) is 13.5. The van der Waals surface area contributed by atoms with Gasteiger partial charge in [-0.05, 0) is 80.3 Å². The Bertz CT molecular complexity index is 1100. The molecule has 0 radical (unpaired) electrons. The molecule has 0 spiro atoms. The van der Waals surface area contributed by atoms with E-state index in [0.717, 1.165) is 49.9 Å². The lowest BCUT2D eigenvalue weighted by atomic mass is 9.89. The first-order valence-electron chi connectivity index (χ1n) is 12.8. The molecule has 1 saturated heterocycles. The molecule has 3 amide bonds. The van der Waals surface area contributed by atoms with Gasteiger partial charge in [0, 0.05) is 43.1 Å². The molecule has 0 unspecified atom stereocenters. The molecule has 1 aliphatic heterocycles. The monoisotopic (exact) mass is 487 g/mol. The van der Waals surface area contributed by atoms with Crippen LogP contribution in [0.2, 0.25) is 0 Å². The number of carbonyl (C=O) groups excluding carboxylic acids is 2. The van der Waals surface area contributed by atoms with Gasteiger partial charge in [0.25, 0.3) is 5.91 Å². The van der Waals surface area contributed by atoms with Crippen LogP contribution in [0.25, 0.3) is 0 Å². The minimum atomic E-state index is -0.280. The summed E-state index contributed by atoms with van der Waals surface area (Å²) in [7, 11) is 0. The van der Waals surface area contributed by atoms with Crippen molar-refractivity contribution in [3.05, 3.63) is 77.0 Å². The highest BCUT2D eigenvalue weighted by Crippen LogP contribution is 2.29. The largest absolute Gasteiger partial charge is 0.389 e. The van der Waals surface area contributed by atoms with E-state index in [2.05, 4.69) is 35.5 Å². The van der Waals surface area contributed by atoms with Gasteiger partial charge in [0.1, 0.15) is 0 Å². The van der Waals surface area contributed by atoms with Gasteiger partial charge in [-0.3, -0.25) is 4.79 Å².